The molecular formula is C13H19N3O2. The van der Waals surface area contributed by atoms with Gasteiger partial charge in [0.05, 0.1) is 12.7 Å². The van der Waals surface area contributed by atoms with Crippen LogP contribution in [0.5, 0.6) is 5.75 Å². The smallest absolute Gasteiger partial charge is 0.252 e. The number of hydrogen-bond donors (Lipinski definition) is 3. The molecule has 98 valence electrons. The molecule has 18 heavy (non-hydrogen) atoms. The third-order valence-corrected chi connectivity index (χ3v) is 3.18. The highest BCUT2D eigenvalue weighted by Gasteiger charge is 2.14. The van der Waals surface area contributed by atoms with Gasteiger partial charge in [-0.2, -0.15) is 0 Å². The second-order valence-electron chi connectivity index (χ2n) is 4.45. The van der Waals surface area contributed by atoms with E-state index in [0.29, 0.717) is 17.4 Å². The van der Waals surface area contributed by atoms with Crippen molar-refractivity contribution >= 4 is 11.6 Å². The highest BCUT2D eigenvalue weighted by atomic mass is 16.5. The van der Waals surface area contributed by atoms with Gasteiger partial charge in [0, 0.05) is 17.8 Å². The highest BCUT2D eigenvalue weighted by molar-refractivity contribution is 5.96. The molecule has 0 spiro atoms. The van der Waals surface area contributed by atoms with E-state index in [2.05, 4.69) is 10.6 Å². The number of primary amides is 1. The number of methoxy groups -OCH3 is 1. The molecule has 0 aliphatic carbocycles. The first-order chi connectivity index (χ1) is 8.70. The number of nitrogens with one attached hydrogen (secondary N) is 2. The number of hydrogen-bond acceptors (Lipinski definition) is 4. The summed E-state index contributed by atoms with van der Waals surface area (Å²) < 4.78 is 5.18. The van der Waals surface area contributed by atoms with E-state index in [1.165, 1.54) is 7.11 Å². The van der Waals surface area contributed by atoms with Crippen LogP contribution in [-0.4, -0.2) is 32.1 Å². The number of anilines is 1. The summed E-state index contributed by atoms with van der Waals surface area (Å²) in [4.78, 5) is 11.2. The molecule has 1 fully saturated rings. The van der Waals surface area contributed by atoms with Gasteiger partial charge in [-0.3, -0.25) is 4.79 Å². The lowest BCUT2D eigenvalue weighted by Crippen LogP contribution is -2.35. The van der Waals surface area contributed by atoms with Crippen molar-refractivity contribution in [2.24, 2.45) is 5.73 Å². The molecule has 5 heteroatoms. The van der Waals surface area contributed by atoms with Crippen LogP contribution in [0.3, 0.4) is 0 Å². The Labute approximate surface area is 107 Å². The molecule has 1 amide bonds. The summed E-state index contributed by atoms with van der Waals surface area (Å²) >= 11 is 0. The lowest BCUT2D eigenvalue weighted by Gasteiger charge is -2.25. The van der Waals surface area contributed by atoms with Crippen LogP contribution in [0.1, 0.15) is 23.2 Å². The first kappa shape index (κ1) is 12.7. The first-order valence-corrected chi connectivity index (χ1v) is 6.16. The molecule has 4 N–H and O–H groups in total. The molecule has 0 atom stereocenters. The van der Waals surface area contributed by atoms with Crippen molar-refractivity contribution in [3.8, 4) is 5.75 Å². The lowest BCUT2D eigenvalue weighted by atomic mass is 10.1. The summed E-state index contributed by atoms with van der Waals surface area (Å²) in [6.45, 7) is 2.07. The summed E-state index contributed by atoms with van der Waals surface area (Å²) in [5.41, 5.74) is 6.65. The van der Waals surface area contributed by atoms with E-state index in [9.17, 15) is 4.79 Å². The number of benzene rings is 1. The third kappa shape index (κ3) is 2.92. The van der Waals surface area contributed by atoms with Crippen LogP contribution in [0.2, 0.25) is 0 Å². The number of piperidine rings is 1. The predicted octanol–water partition coefficient (Wildman–Crippen LogP) is 0.958. The van der Waals surface area contributed by atoms with Gasteiger partial charge in [0.25, 0.3) is 5.91 Å². The fraction of sp³-hybridized carbons (Fsp3) is 0.462. The van der Waals surface area contributed by atoms with Crippen molar-refractivity contribution < 1.29 is 9.53 Å². The molecule has 2 rings (SSSR count). The van der Waals surface area contributed by atoms with Gasteiger partial charge in [0.15, 0.2) is 0 Å². The predicted molar refractivity (Wildman–Crippen MR) is 71.0 cm³/mol. The lowest BCUT2D eigenvalue weighted by molar-refractivity contribution is 0.0997. The van der Waals surface area contributed by atoms with E-state index in [4.69, 9.17) is 10.5 Å². The van der Waals surface area contributed by atoms with Crippen molar-refractivity contribution in [1.29, 1.82) is 0 Å². The molecule has 0 aromatic heterocycles. The van der Waals surface area contributed by atoms with E-state index in [1.807, 2.05) is 12.1 Å². The van der Waals surface area contributed by atoms with Crippen LogP contribution in [0, 0.1) is 0 Å². The largest absolute Gasteiger partial charge is 0.496 e. The summed E-state index contributed by atoms with van der Waals surface area (Å²) in [5, 5.41) is 6.77. The molecule has 1 heterocycles. The molecule has 0 bridgehead atoms. The van der Waals surface area contributed by atoms with Crippen molar-refractivity contribution in [2.45, 2.75) is 18.9 Å². The standard InChI is InChI=1S/C13H19N3O2/c1-18-12-8-10(2-3-11(12)13(14)17)16-9-4-6-15-7-5-9/h2-3,8-9,15-16H,4-7H2,1H3,(H2,14,17). The Kier molecular flexibility index (Phi) is 4.04. The van der Waals surface area contributed by atoms with E-state index < -0.39 is 5.91 Å². The van der Waals surface area contributed by atoms with Gasteiger partial charge in [-0.05, 0) is 38.1 Å². The molecule has 1 saturated heterocycles. The van der Waals surface area contributed by atoms with Gasteiger partial charge < -0.3 is 21.1 Å². The van der Waals surface area contributed by atoms with Gasteiger partial charge >= 0.3 is 0 Å². The molecule has 0 unspecified atom stereocenters. The second-order valence-corrected chi connectivity index (χ2v) is 4.45. The maximum Gasteiger partial charge on any atom is 0.252 e. The van der Waals surface area contributed by atoms with Gasteiger partial charge in [-0.1, -0.05) is 0 Å². The van der Waals surface area contributed by atoms with Crippen LogP contribution in [0.25, 0.3) is 0 Å². The molecule has 1 aliphatic rings. The zero-order chi connectivity index (χ0) is 13.0. The van der Waals surface area contributed by atoms with Crippen LogP contribution in [0.4, 0.5) is 5.69 Å². The topological polar surface area (TPSA) is 76.4 Å². The SMILES string of the molecule is COc1cc(NC2CCNCC2)ccc1C(N)=O. The maximum absolute atomic E-state index is 11.2. The molecule has 1 aromatic carbocycles. The Hall–Kier alpha value is -1.75. The highest BCUT2D eigenvalue weighted by Crippen LogP contribution is 2.24. The van der Waals surface area contributed by atoms with Crippen LogP contribution in [0.15, 0.2) is 18.2 Å². The number of nitrogens with two attached hydrogens (primary N) is 1. The number of carbonyl (C=O) groups excluding carboxylic acids is 1. The molecule has 0 saturated carbocycles. The fourth-order valence-electron chi connectivity index (χ4n) is 2.19. The van der Waals surface area contributed by atoms with Gasteiger partial charge in [-0.15, -0.1) is 0 Å². The van der Waals surface area contributed by atoms with Crippen molar-refractivity contribution in [3.63, 3.8) is 0 Å². The monoisotopic (exact) mass is 249 g/mol. The summed E-state index contributed by atoms with van der Waals surface area (Å²) in [5.74, 6) is 0.0432. The molecule has 0 radical (unpaired) electrons. The molecular weight excluding hydrogens is 230 g/mol. The van der Waals surface area contributed by atoms with Gasteiger partial charge in [0.1, 0.15) is 5.75 Å². The Morgan fingerprint density at radius 1 is 1.44 bits per heavy atom. The molecule has 1 aliphatic heterocycles. The summed E-state index contributed by atoms with van der Waals surface area (Å²) in [7, 11) is 1.54. The maximum atomic E-state index is 11.2. The normalized spacial score (nSPS) is 16.3. The zero-order valence-electron chi connectivity index (χ0n) is 10.5. The van der Waals surface area contributed by atoms with E-state index in [1.54, 1.807) is 6.07 Å². The second kappa shape index (κ2) is 5.73. The Morgan fingerprint density at radius 2 is 2.17 bits per heavy atom. The summed E-state index contributed by atoms with van der Waals surface area (Å²) in [6, 6.07) is 5.85. The van der Waals surface area contributed by atoms with Crippen LogP contribution < -0.4 is 21.1 Å². The molecule has 5 nitrogen and oxygen atoms in total. The average Bonchev–Trinajstić information content (AvgIpc) is 2.39. The van der Waals surface area contributed by atoms with Gasteiger partial charge in [-0.25, -0.2) is 0 Å². The van der Waals surface area contributed by atoms with Crippen LogP contribution >= 0.6 is 0 Å². The van der Waals surface area contributed by atoms with Gasteiger partial charge in [0.2, 0.25) is 0 Å². The summed E-state index contributed by atoms with van der Waals surface area (Å²) in [6.07, 6.45) is 2.19. The molecule has 1 aromatic rings. The minimum absolute atomic E-state index is 0.411. The first-order valence-electron chi connectivity index (χ1n) is 6.16. The fourth-order valence-corrected chi connectivity index (χ4v) is 2.19. The quantitative estimate of drug-likeness (QED) is 0.743. The van der Waals surface area contributed by atoms with Crippen molar-refractivity contribution in [3.05, 3.63) is 23.8 Å². The van der Waals surface area contributed by atoms with E-state index >= 15 is 0 Å². The van der Waals surface area contributed by atoms with Crippen molar-refractivity contribution in [2.75, 3.05) is 25.5 Å². The zero-order valence-corrected chi connectivity index (χ0v) is 10.5. The Morgan fingerprint density at radius 3 is 2.78 bits per heavy atom. The van der Waals surface area contributed by atoms with E-state index in [-0.39, 0.29) is 0 Å². The van der Waals surface area contributed by atoms with E-state index in [0.717, 1.165) is 31.6 Å². The Balaban J connectivity index is 2.11. The third-order valence-electron chi connectivity index (χ3n) is 3.18. The Bertz CT molecular complexity index is 428. The number of amides is 1. The number of carbonyl (C=O) groups is 1. The number of rotatable bonds is 4. The van der Waals surface area contributed by atoms with Crippen molar-refractivity contribution in [1.82, 2.24) is 5.32 Å². The average molecular weight is 249 g/mol. The minimum Gasteiger partial charge on any atom is -0.496 e. The van der Waals surface area contributed by atoms with Crippen LogP contribution in [-0.2, 0) is 0 Å². The minimum atomic E-state index is -0.472. The number of ether oxygens (including phenoxy) is 1.